The molecule has 7 N–H and O–H groups in total. The van der Waals surface area contributed by atoms with Gasteiger partial charge in [0.15, 0.2) is 12.5 Å². The summed E-state index contributed by atoms with van der Waals surface area (Å²) in [5, 5.41) is 58.4. The topological polar surface area (TPSA) is 303 Å². The van der Waals surface area contributed by atoms with E-state index in [1.165, 1.54) is 0 Å². The summed E-state index contributed by atoms with van der Waals surface area (Å²) in [6, 6.07) is 0.911. The first kappa shape index (κ1) is 36.6. The molecule has 2 aliphatic rings. The molecule has 11 atom stereocenters. The van der Waals surface area contributed by atoms with Gasteiger partial charge >= 0.3 is 64.8 Å². The van der Waals surface area contributed by atoms with Crippen molar-refractivity contribution in [3.05, 3.63) is 33.1 Å². The Morgan fingerprint density at radius 3 is 2.11 bits per heavy atom. The van der Waals surface area contributed by atoms with Crippen LogP contribution < -0.4 is 80.2 Å². The van der Waals surface area contributed by atoms with E-state index in [4.69, 9.17) is 14.6 Å². The van der Waals surface area contributed by atoms with Crippen molar-refractivity contribution in [3.63, 3.8) is 0 Å². The Labute approximate surface area is 256 Å². The molecule has 0 spiro atoms. The molecule has 2 saturated heterocycles. The molecule has 3 rings (SSSR count). The molecular formula is C15H22N2Na2O17P2. The molecule has 0 radical (unpaired) electrons. The first-order chi connectivity index (χ1) is 16.7. The van der Waals surface area contributed by atoms with E-state index >= 15 is 0 Å². The zero-order valence-corrected chi connectivity index (χ0v) is 25.6. The summed E-state index contributed by atoms with van der Waals surface area (Å²) in [5.41, 5.74) is -1.78. The van der Waals surface area contributed by atoms with Crippen molar-refractivity contribution in [1.29, 1.82) is 0 Å². The molecular weight excluding hydrogens is 588 g/mol. The second-order valence-electron chi connectivity index (χ2n) is 7.64. The van der Waals surface area contributed by atoms with Crippen LogP contribution in [0.3, 0.4) is 0 Å². The maximum absolute atomic E-state index is 12.0. The molecule has 38 heavy (non-hydrogen) atoms. The average Bonchev–Trinajstić information content (AvgIpc) is 3.06. The molecule has 0 bridgehead atoms. The van der Waals surface area contributed by atoms with Crippen molar-refractivity contribution >= 4 is 15.6 Å². The van der Waals surface area contributed by atoms with Gasteiger partial charge in [0.1, 0.15) is 42.7 Å². The van der Waals surface area contributed by atoms with Gasteiger partial charge in [-0.25, -0.2) is 9.11 Å². The van der Waals surface area contributed by atoms with Crippen LogP contribution in [0.5, 0.6) is 0 Å². The molecule has 0 saturated carbocycles. The Balaban J connectivity index is 0.00000361. The number of aliphatic hydroxyl groups excluding tert-OH is 6. The van der Waals surface area contributed by atoms with Crippen LogP contribution in [-0.2, 0) is 32.0 Å². The number of phosphoric ester groups is 2. The number of aromatic amines is 1. The molecule has 1 aromatic rings. The number of phosphoric acid groups is 2. The third-order valence-electron chi connectivity index (χ3n) is 5.14. The third kappa shape index (κ3) is 8.81. The van der Waals surface area contributed by atoms with Crippen molar-refractivity contribution < 1.29 is 132 Å². The summed E-state index contributed by atoms with van der Waals surface area (Å²) in [5.74, 6) is 0. The van der Waals surface area contributed by atoms with Gasteiger partial charge in [0.05, 0.1) is 13.2 Å². The van der Waals surface area contributed by atoms with E-state index in [2.05, 4.69) is 13.4 Å². The van der Waals surface area contributed by atoms with Crippen molar-refractivity contribution in [3.8, 4) is 0 Å². The minimum atomic E-state index is -5.90. The number of rotatable bonds is 9. The monoisotopic (exact) mass is 610 g/mol. The molecule has 206 valence electrons. The smallest absolute Gasteiger partial charge is 0.756 e. The number of aliphatic hydroxyl groups is 6. The van der Waals surface area contributed by atoms with E-state index in [1.807, 2.05) is 4.98 Å². The molecule has 2 unspecified atom stereocenters. The zero-order valence-electron chi connectivity index (χ0n) is 19.8. The van der Waals surface area contributed by atoms with Crippen LogP contribution >= 0.6 is 15.6 Å². The Bertz CT molecular complexity index is 1140. The standard InChI is InChI=1S/C15H24N2O17P2.2Na/c18-3-5-8(20)10(22)12(24)14(32-5)33-36(28,29)34-35(26,27)30-4-6-9(21)11(23)13(31-6)17-2-1-7(19)16-15(17)25;;/h1-2,5-6,8-14,18,20-24H,3-4H2,(H,26,27)(H,28,29)(H,16,19,25);;/q;2*+1/p-2/t5-,6-,8-,9-,10+,11-,12-,13-,14-;;/m0../s1. The van der Waals surface area contributed by atoms with Gasteiger partial charge in [-0.2, -0.15) is 0 Å². The number of aromatic nitrogens is 2. The average molecular weight is 610 g/mol. The van der Waals surface area contributed by atoms with Gasteiger partial charge in [0, 0.05) is 12.3 Å². The van der Waals surface area contributed by atoms with Crippen molar-refractivity contribution in [2.45, 2.75) is 55.2 Å². The van der Waals surface area contributed by atoms with E-state index in [1.54, 1.807) is 0 Å². The van der Waals surface area contributed by atoms with Crippen LogP contribution in [-0.4, -0.2) is 102 Å². The van der Waals surface area contributed by atoms with Crippen LogP contribution in [0.2, 0.25) is 0 Å². The van der Waals surface area contributed by atoms with Gasteiger partial charge < -0.3 is 54.4 Å². The number of nitrogens with zero attached hydrogens (tertiary/aromatic N) is 1. The van der Waals surface area contributed by atoms with Gasteiger partial charge in [-0.15, -0.1) is 0 Å². The van der Waals surface area contributed by atoms with Crippen LogP contribution in [0.25, 0.3) is 0 Å². The number of hydrogen-bond donors (Lipinski definition) is 7. The van der Waals surface area contributed by atoms with Crippen LogP contribution in [0, 0.1) is 0 Å². The molecule has 2 aliphatic heterocycles. The van der Waals surface area contributed by atoms with Gasteiger partial charge in [0.2, 0.25) is 0 Å². The van der Waals surface area contributed by atoms with Crippen molar-refractivity contribution in [2.75, 3.05) is 13.2 Å². The van der Waals surface area contributed by atoms with Gasteiger partial charge in [-0.3, -0.25) is 28.0 Å². The molecule has 3 heterocycles. The van der Waals surface area contributed by atoms with Crippen LogP contribution in [0.15, 0.2) is 21.9 Å². The number of hydrogen-bond acceptors (Lipinski definition) is 17. The zero-order chi connectivity index (χ0) is 27.0. The third-order valence-corrected chi connectivity index (χ3v) is 7.67. The predicted molar refractivity (Wildman–Crippen MR) is 104 cm³/mol. The molecule has 1 aromatic heterocycles. The van der Waals surface area contributed by atoms with E-state index < -0.39 is 95.4 Å². The molecule has 19 nitrogen and oxygen atoms in total. The molecule has 0 aromatic carbocycles. The summed E-state index contributed by atoms with van der Waals surface area (Å²) < 4.78 is 47.1. The Morgan fingerprint density at radius 2 is 1.53 bits per heavy atom. The van der Waals surface area contributed by atoms with E-state index in [0.29, 0.717) is 4.57 Å². The molecule has 0 aliphatic carbocycles. The Morgan fingerprint density at radius 1 is 0.921 bits per heavy atom. The van der Waals surface area contributed by atoms with Gasteiger partial charge in [-0.1, -0.05) is 0 Å². The molecule has 0 amide bonds. The normalized spacial score (nSPS) is 36.4. The summed E-state index contributed by atoms with van der Waals surface area (Å²) in [4.78, 5) is 48.9. The number of H-pyrrole nitrogens is 1. The molecule has 2 fully saturated rings. The maximum atomic E-state index is 12.0. The SMILES string of the molecule is O=c1ccn([C@H]2O[C@@H](COP(=O)([O-])OP(=O)([O-])O[C@@H]3O[C@@H](CO)[C@H](O)[C@@H](O)[C@@H]3O)[C@H](O)[C@@H]2O)c(=O)[nH]1.[Na+].[Na+]. The minimum Gasteiger partial charge on any atom is -0.756 e. The fraction of sp³-hybridized carbons (Fsp3) is 0.733. The summed E-state index contributed by atoms with van der Waals surface area (Å²) in [7, 11) is -11.7. The van der Waals surface area contributed by atoms with E-state index in [0.717, 1.165) is 12.3 Å². The molecule has 23 heteroatoms. The van der Waals surface area contributed by atoms with Crippen LogP contribution in [0.1, 0.15) is 6.23 Å². The Hall–Kier alpha value is 0.620. The minimum absolute atomic E-state index is 0. The first-order valence-corrected chi connectivity index (χ1v) is 12.9. The van der Waals surface area contributed by atoms with E-state index in [9.17, 15) is 54.0 Å². The Kier molecular flexibility index (Phi) is 14.2. The summed E-state index contributed by atoms with van der Waals surface area (Å²) >= 11 is 0. The van der Waals surface area contributed by atoms with Crippen molar-refractivity contribution in [2.24, 2.45) is 0 Å². The summed E-state index contributed by atoms with van der Waals surface area (Å²) in [6.45, 7) is -2.05. The largest absolute Gasteiger partial charge is 1.00 e. The number of nitrogens with one attached hydrogen (secondary N) is 1. The second-order valence-corrected chi connectivity index (χ2v) is 10.5. The van der Waals surface area contributed by atoms with Crippen LogP contribution in [0.4, 0.5) is 0 Å². The quantitative estimate of drug-likeness (QED) is 0.101. The first-order valence-electron chi connectivity index (χ1n) is 9.96. The fourth-order valence-corrected chi connectivity index (χ4v) is 5.42. The van der Waals surface area contributed by atoms with Gasteiger partial charge in [-0.05, 0) is 0 Å². The second kappa shape index (κ2) is 14.7. The van der Waals surface area contributed by atoms with Crippen molar-refractivity contribution in [1.82, 2.24) is 9.55 Å². The maximum Gasteiger partial charge on any atom is 1.00 e. The fourth-order valence-electron chi connectivity index (χ4n) is 3.34. The van der Waals surface area contributed by atoms with E-state index in [-0.39, 0.29) is 59.1 Å². The van der Waals surface area contributed by atoms with Gasteiger partial charge in [0.25, 0.3) is 21.2 Å². The summed E-state index contributed by atoms with van der Waals surface area (Å²) in [6.07, 6.45) is -15.8. The number of ether oxygens (including phenoxy) is 2. The predicted octanol–water partition coefficient (Wildman–Crippen LogP) is -12.0.